The first kappa shape index (κ1) is 27.4. The Bertz CT molecular complexity index is 1490. The van der Waals surface area contributed by atoms with Crippen molar-refractivity contribution in [2.75, 3.05) is 11.5 Å². The van der Waals surface area contributed by atoms with Gasteiger partial charge < -0.3 is 10.2 Å². The highest BCUT2D eigenvalue weighted by Crippen LogP contribution is 2.22. The minimum atomic E-state index is -0.840. The maximum atomic E-state index is 9.97. The highest BCUT2D eigenvalue weighted by atomic mass is 32.2. The number of carbonyl (C=O) groups is 2. The summed E-state index contributed by atoms with van der Waals surface area (Å²) in [6, 6.07) is 24.2. The van der Waals surface area contributed by atoms with Crippen molar-refractivity contribution < 1.29 is 19.8 Å². The summed E-state index contributed by atoms with van der Waals surface area (Å²) in [7, 11) is 0. The number of benzene rings is 2. The van der Waals surface area contributed by atoms with Crippen molar-refractivity contribution >= 4 is 67.3 Å². The van der Waals surface area contributed by atoms with Crippen LogP contribution in [0.1, 0.15) is 12.8 Å². The minimum Gasteiger partial charge on any atom is -0.481 e. The van der Waals surface area contributed by atoms with Crippen molar-refractivity contribution in [3.63, 3.8) is 0 Å². The van der Waals surface area contributed by atoms with E-state index in [0.717, 1.165) is 43.6 Å². The Kier molecular flexibility index (Phi) is 9.68. The van der Waals surface area contributed by atoms with Crippen LogP contribution in [-0.2, 0) is 9.59 Å². The van der Waals surface area contributed by atoms with Gasteiger partial charge in [0.1, 0.15) is 0 Å². The lowest BCUT2D eigenvalue weighted by Gasteiger charge is -2.00. The number of pyridine rings is 4. The molecular weight excluding hydrogens is 512 g/mol. The van der Waals surface area contributed by atoms with Gasteiger partial charge in [0.15, 0.2) is 0 Å². The van der Waals surface area contributed by atoms with Crippen LogP contribution >= 0.6 is 11.8 Å². The summed E-state index contributed by atoms with van der Waals surface area (Å²) >= 11 is 1.35. The monoisotopic (exact) mass is 538 g/mol. The number of nitrogens with zero attached hydrogens (tertiary/aromatic N) is 4. The van der Waals surface area contributed by atoms with Gasteiger partial charge in [0, 0.05) is 57.8 Å². The van der Waals surface area contributed by atoms with Crippen LogP contribution in [0.5, 0.6) is 0 Å². The molecule has 9 heteroatoms. The predicted octanol–water partition coefficient (Wildman–Crippen LogP) is 6.24. The topological polar surface area (TPSA) is 126 Å². The maximum absolute atomic E-state index is 9.97. The largest absolute Gasteiger partial charge is 0.481 e. The van der Waals surface area contributed by atoms with Crippen LogP contribution in [0.4, 0.5) is 0 Å². The van der Waals surface area contributed by atoms with Gasteiger partial charge in [-0.25, -0.2) is 0 Å². The Hall–Kier alpha value is -4.63. The van der Waals surface area contributed by atoms with Crippen LogP contribution in [0.2, 0.25) is 0 Å². The summed E-state index contributed by atoms with van der Waals surface area (Å²) < 4.78 is 0. The fraction of sp³-hybridized carbons (Fsp3) is 0.133. The van der Waals surface area contributed by atoms with E-state index < -0.39 is 11.9 Å². The average molecular weight is 539 g/mol. The summed E-state index contributed by atoms with van der Waals surface area (Å²) in [6.45, 7) is 0. The zero-order valence-corrected chi connectivity index (χ0v) is 21.8. The third-order valence-corrected chi connectivity index (χ3v) is 6.61. The maximum Gasteiger partial charge on any atom is 0.304 e. The molecule has 0 aliphatic rings. The van der Waals surface area contributed by atoms with E-state index in [1.54, 1.807) is 12.4 Å². The van der Waals surface area contributed by atoms with Crippen LogP contribution in [-0.4, -0.2) is 53.6 Å². The lowest BCUT2D eigenvalue weighted by atomic mass is 10.1. The highest BCUT2D eigenvalue weighted by molar-refractivity contribution is 7.99. The van der Waals surface area contributed by atoms with E-state index in [2.05, 4.69) is 56.3 Å². The van der Waals surface area contributed by atoms with Gasteiger partial charge in [-0.1, -0.05) is 24.3 Å². The smallest absolute Gasteiger partial charge is 0.304 e. The van der Waals surface area contributed by atoms with E-state index in [9.17, 15) is 9.59 Å². The molecule has 196 valence electrons. The van der Waals surface area contributed by atoms with E-state index >= 15 is 0 Å². The van der Waals surface area contributed by atoms with Crippen LogP contribution < -0.4 is 0 Å². The molecule has 4 aromatic heterocycles. The van der Waals surface area contributed by atoms with Crippen LogP contribution in [0.3, 0.4) is 0 Å². The van der Waals surface area contributed by atoms with Crippen molar-refractivity contribution in [3.05, 3.63) is 97.6 Å². The second kappa shape index (κ2) is 13.8. The van der Waals surface area contributed by atoms with Crippen molar-refractivity contribution in [1.82, 2.24) is 19.9 Å². The molecule has 8 nitrogen and oxygen atoms in total. The Balaban J connectivity index is 0.000000138. The molecule has 0 spiro atoms. The molecule has 39 heavy (non-hydrogen) atoms. The molecule has 6 aromatic rings. The quantitative estimate of drug-likeness (QED) is 0.187. The number of rotatable bonds is 6. The molecule has 0 atom stereocenters. The molecule has 0 fully saturated rings. The van der Waals surface area contributed by atoms with E-state index in [4.69, 9.17) is 10.2 Å². The number of fused-ring (bicyclic) bond motifs is 6. The third-order valence-electron chi connectivity index (χ3n) is 5.63. The molecule has 0 saturated heterocycles. The number of hydrogen-bond acceptors (Lipinski definition) is 7. The third kappa shape index (κ3) is 7.68. The van der Waals surface area contributed by atoms with Gasteiger partial charge in [0.2, 0.25) is 0 Å². The molecule has 0 aliphatic carbocycles. The first-order valence-electron chi connectivity index (χ1n) is 12.2. The molecule has 0 unspecified atom stereocenters. The van der Waals surface area contributed by atoms with Crippen LogP contribution in [0, 0.1) is 0 Å². The summed E-state index contributed by atoms with van der Waals surface area (Å²) in [5.74, 6) is -0.703. The zero-order chi connectivity index (χ0) is 27.5. The molecule has 6 rings (SSSR count). The van der Waals surface area contributed by atoms with Gasteiger partial charge in [-0.05, 0) is 48.5 Å². The molecule has 4 heterocycles. The van der Waals surface area contributed by atoms with E-state index in [0.29, 0.717) is 11.5 Å². The fourth-order valence-corrected chi connectivity index (χ4v) is 4.66. The fourth-order valence-electron chi connectivity index (χ4n) is 3.81. The Morgan fingerprint density at radius 2 is 0.974 bits per heavy atom. The van der Waals surface area contributed by atoms with Crippen LogP contribution in [0.15, 0.2) is 97.6 Å². The van der Waals surface area contributed by atoms with Gasteiger partial charge in [0.05, 0.1) is 34.9 Å². The zero-order valence-electron chi connectivity index (χ0n) is 21.0. The molecule has 0 saturated carbocycles. The molecule has 2 N–H and O–H groups in total. The Morgan fingerprint density at radius 1 is 0.564 bits per heavy atom. The Morgan fingerprint density at radius 3 is 1.41 bits per heavy atom. The van der Waals surface area contributed by atoms with Crippen molar-refractivity contribution in [2.24, 2.45) is 0 Å². The second-order valence-corrected chi connectivity index (χ2v) is 9.55. The van der Waals surface area contributed by atoms with Crippen LogP contribution in [0.25, 0.3) is 43.6 Å². The first-order valence-corrected chi connectivity index (χ1v) is 13.4. The summed E-state index contributed by atoms with van der Waals surface area (Å²) in [4.78, 5) is 37.3. The van der Waals surface area contributed by atoms with Gasteiger partial charge in [0.25, 0.3) is 0 Å². The van der Waals surface area contributed by atoms with Crippen molar-refractivity contribution in [1.29, 1.82) is 0 Å². The SMILES string of the molecule is O=C(O)CCSCCC(=O)O.c1cnc2c(c1)ccc1ncccc12.c1cnc2c(c1)ccc1ncccc12. The second-order valence-electron chi connectivity index (χ2n) is 8.32. The lowest BCUT2D eigenvalue weighted by Crippen LogP contribution is -1.99. The number of aliphatic carboxylic acids is 2. The molecule has 0 aliphatic heterocycles. The van der Waals surface area contributed by atoms with Gasteiger partial charge in [-0.2, -0.15) is 11.8 Å². The average Bonchev–Trinajstić information content (AvgIpc) is 2.97. The van der Waals surface area contributed by atoms with E-state index in [-0.39, 0.29) is 12.8 Å². The summed E-state index contributed by atoms with van der Waals surface area (Å²) in [5, 5.41) is 20.9. The minimum absolute atomic E-state index is 0.101. The molecule has 2 aromatic carbocycles. The molecule has 0 radical (unpaired) electrons. The predicted molar refractivity (Wildman–Crippen MR) is 156 cm³/mol. The molecule has 0 bridgehead atoms. The van der Waals surface area contributed by atoms with Crippen molar-refractivity contribution in [3.8, 4) is 0 Å². The summed E-state index contributed by atoms with van der Waals surface area (Å²) in [5.41, 5.74) is 4.05. The number of hydrogen-bond donors (Lipinski definition) is 2. The highest BCUT2D eigenvalue weighted by Gasteiger charge is 2.01. The molecular formula is C30H26N4O4S. The molecule has 0 amide bonds. The van der Waals surface area contributed by atoms with E-state index in [1.807, 2.05) is 48.8 Å². The standard InChI is InChI=1S/2C12H8N2.C6H10O4S/c2*1-3-9-5-6-11-10(4-2-7-13-11)12(9)14-8-1;7-5(8)1-3-11-4-2-6(9)10/h2*1-8H;1-4H2,(H,7,8)(H,9,10). The Labute approximate surface area is 228 Å². The van der Waals surface area contributed by atoms with Crippen molar-refractivity contribution in [2.45, 2.75) is 12.8 Å². The number of aromatic nitrogens is 4. The van der Waals surface area contributed by atoms with E-state index in [1.165, 1.54) is 11.8 Å². The van der Waals surface area contributed by atoms with Gasteiger partial charge in [-0.3, -0.25) is 29.5 Å². The number of carboxylic acids is 2. The van der Waals surface area contributed by atoms with Gasteiger partial charge in [-0.15, -0.1) is 0 Å². The normalized spacial score (nSPS) is 10.5. The number of carboxylic acid groups (broad SMARTS) is 2. The first-order chi connectivity index (χ1) is 19.0. The number of thioether (sulfide) groups is 1. The van der Waals surface area contributed by atoms with Gasteiger partial charge >= 0.3 is 11.9 Å². The lowest BCUT2D eigenvalue weighted by molar-refractivity contribution is -0.137. The summed E-state index contributed by atoms with van der Waals surface area (Å²) in [6.07, 6.45) is 7.44.